The van der Waals surface area contributed by atoms with Gasteiger partial charge in [0, 0.05) is 0 Å². The van der Waals surface area contributed by atoms with Crippen molar-refractivity contribution in [2.75, 3.05) is 5.32 Å². The van der Waals surface area contributed by atoms with Crippen molar-refractivity contribution < 1.29 is 4.79 Å². The smallest absolute Gasteiger partial charge is 0.257 e. The summed E-state index contributed by atoms with van der Waals surface area (Å²) < 4.78 is 1.64. The molecule has 0 unspecified atom stereocenters. The fourth-order valence-electron chi connectivity index (χ4n) is 1.13. The summed E-state index contributed by atoms with van der Waals surface area (Å²) in [6, 6.07) is 3.38. The van der Waals surface area contributed by atoms with E-state index >= 15 is 0 Å². The van der Waals surface area contributed by atoms with Gasteiger partial charge in [0.15, 0.2) is 4.84 Å². The number of hydrogen-bond donors (Lipinski definition) is 1. The lowest BCUT2D eigenvalue weighted by molar-refractivity contribution is -0.114. The molecule has 0 atom stereocenters. The normalized spacial score (nSPS) is 10.5. The van der Waals surface area contributed by atoms with E-state index in [9.17, 15) is 4.79 Å². The number of hydrogen-bond acceptors (Lipinski definition) is 4. The van der Waals surface area contributed by atoms with Gasteiger partial charge in [-0.3, -0.25) is 9.36 Å². The molecule has 0 aliphatic carbocycles. The van der Waals surface area contributed by atoms with E-state index in [0.717, 1.165) is 0 Å². The molecule has 0 radical (unpaired) electrons. The number of nitrogens with one attached hydrogen (secondary N) is 1. The van der Waals surface area contributed by atoms with Crippen LogP contribution in [0.1, 0.15) is 0 Å². The molecule has 2 rings (SSSR count). The topological polar surface area (TPSA) is 72.7 Å². The maximum Gasteiger partial charge on any atom is 0.257 e. The average Bonchev–Trinajstić information content (AvgIpc) is 2.83. The number of rotatable bonds is 3. The standard InChI is InChI=1S/C9H7Cl2N5O/c10-8(11)9(17)15-6-1-2-7(12-3-6)16-4-13-14-5-16/h1-5,8H,(H,15,17). The summed E-state index contributed by atoms with van der Waals surface area (Å²) in [5, 5.41) is 9.83. The van der Waals surface area contributed by atoms with Gasteiger partial charge >= 0.3 is 0 Å². The van der Waals surface area contributed by atoms with Gasteiger partial charge < -0.3 is 5.32 Å². The Kier molecular flexibility index (Phi) is 3.55. The molecule has 2 aromatic heterocycles. The molecule has 1 N–H and O–H groups in total. The Morgan fingerprint density at radius 1 is 1.29 bits per heavy atom. The zero-order valence-corrected chi connectivity index (χ0v) is 9.93. The number of aromatic nitrogens is 4. The molecule has 0 saturated carbocycles. The quantitative estimate of drug-likeness (QED) is 0.857. The first-order valence-corrected chi connectivity index (χ1v) is 5.44. The van der Waals surface area contributed by atoms with Crippen molar-refractivity contribution in [2.24, 2.45) is 0 Å². The average molecular weight is 272 g/mol. The molecule has 8 heteroatoms. The van der Waals surface area contributed by atoms with E-state index in [1.54, 1.807) is 16.7 Å². The number of amides is 1. The molecule has 0 bridgehead atoms. The van der Waals surface area contributed by atoms with E-state index < -0.39 is 10.7 Å². The number of carbonyl (C=O) groups is 1. The van der Waals surface area contributed by atoms with Gasteiger partial charge in [-0.1, -0.05) is 23.2 Å². The summed E-state index contributed by atoms with van der Waals surface area (Å²) in [6.07, 6.45) is 4.53. The summed E-state index contributed by atoms with van der Waals surface area (Å²) in [7, 11) is 0. The van der Waals surface area contributed by atoms with Crippen molar-refractivity contribution >= 4 is 34.8 Å². The third-order valence-corrected chi connectivity index (χ3v) is 2.29. The molecule has 2 heterocycles. The van der Waals surface area contributed by atoms with E-state index in [1.807, 2.05) is 0 Å². The summed E-state index contributed by atoms with van der Waals surface area (Å²) in [4.78, 5) is 14.2. The summed E-state index contributed by atoms with van der Waals surface area (Å²) in [5.74, 6) is 0.147. The second-order valence-electron chi connectivity index (χ2n) is 3.06. The molecule has 0 aliphatic heterocycles. The number of alkyl halides is 2. The van der Waals surface area contributed by atoms with Crippen molar-refractivity contribution in [2.45, 2.75) is 4.84 Å². The Morgan fingerprint density at radius 3 is 2.53 bits per heavy atom. The lowest BCUT2D eigenvalue weighted by Crippen LogP contribution is -2.18. The highest BCUT2D eigenvalue weighted by Gasteiger charge is 2.11. The van der Waals surface area contributed by atoms with Crippen LogP contribution in [-0.2, 0) is 4.79 Å². The van der Waals surface area contributed by atoms with Gasteiger partial charge in [-0.25, -0.2) is 4.98 Å². The van der Waals surface area contributed by atoms with E-state index in [0.29, 0.717) is 11.5 Å². The van der Waals surface area contributed by atoms with Gasteiger partial charge in [0.05, 0.1) is 11.9 Å². The molecule has 1 amide bonds. The van der Waals surface area contributed by atoms with Crippen LogP contribution in [0.2, 0.25) is 0 Å². The SMILES string of the molecule is O=C(Nc1ccc(-n2cnnc2)nc1)C(Cl)Cl. The first-order valence-electron chi connectivity index (χ1n) is 4.57. The van der Waals surface area contributed by atoms with Gasteiger partial charge in [0.25, 0.3) is 5.91 Å². The van der Waals surface area contributed by atoms with Crippen LogP contribution in [0.4, 0.5) is 5.69 Å². The Labute approximate surface area is 107 Å². The summed E-state index contributed by atoms with van der Waals surface area (Å²) in [6.45, 7) is 0. The van der Waals surface area contributed by atoms with Crippen molar-refractivity contribution in [1.29, 1.82) is 0 Å². The zero-order valence-electron chi connectivity index (χ0n) is 8.42. The minimum absolute atomic E-state index is 0.493. The van der Waals surface area contributed by atoms with Crippen LogP contribution in [0.3, 0.4) is 0 Å². The van der Waals surface area contributed by atoms with Crippen LogP contribution in [0, 0.1) is 0 Å². The maximum atomic E-state index is 11.2. The van der Waals surface area contributed by atoms with Gasteiger partial charge in [-0.05, 0) is 12.1 Å². The first kappa shape index (κ1) is 11.8. The first-order chi connectivity index (χ1) is 8.16. The second-order valence-corrected chi connectivity index (χ2v) is 4.16. The Morgan fingerprint density at radius 2 is 2.00 bits per heavy atom. The molecule has 2 aromatic rings. The molecule has 0 fully saturated rings. The predicted molar refractivity (Wildman–Crippen MR) is 63.3 cm³/mol. The zero-order chi connectivity index (χ0) is 12.3. The van der Waals surface area contributed by atoms with Crippen LogP contribution < -0.4 is 5.32 Å². The van der Waals surface area contributed by atoms with Crippen LogP contribution in [0.25, 0.3) is 5.82 Å². The maximum absolute atomic E-state index is 11.2. The van der Waals surface area contributed by atoms with Crippen LogP contribution in [0.5, 0.6) is 0 Å². The molecule has 17 heavy (non-hydrogen) atoms. The van der Waals surface area contributed by atoms with Crippen molar-refractivity contribution in [3.05, 3.63) is 31.0 Å². The Balaban J connectivity index is 2.11. The Hall–Kier alpha value is -1.66. The van der Waals surface area contributed by atoms with E-state index in [1.165, 1.54) is 18.9 Å². The van der Waals surface area contributed by atoms with Gasteiger partial charge in [-0.15, -0.1) is 10.2 Å². The van der Waals surface area contributed by atoms with Gasteiger partial charge in [0.1, 0.15) is 18.5 Å². The lowest BCUT2D eigenvalue weighted by atomic mass is 10.4. The minimum Gasteiger partial charge on any atom is -0.322 e. The highest BCUT2D eigenvalue weighted by molar-refractivity contribution is 6.54. The fourth-order valence-corrected chi connectivity index (χ4v) is 1.24. The third kappa shape index (κ3) is 2.92. The molecular weight excluding hydrogens is 265 g/mol. The van der Waals surface area contributed by atoms with Gasteiger partial charge in [0.2, 0.25) is 0 Å². The van der Waals surface area contributed by atoms with Crippen molar-refractivity contribution in [3.8, 4) is 5.82 Å². The largest absolute Gasteiger partial charge is 0.322 e. The number of halogens is 2. The Bertz CT molecular complexity index is 497. The molecule has 0 saturated heterocycles. The van der Waals surface area contributed by atoms with E-state index in [2.05, 4.69) is 20.5 Å². The number of carbonyl (C=O) groups excluding carboxylic acids is 1. The van der Waals surface area contributed by atoms with E-state index in [-0.39, 0.29) is 0 Å². The summed E-state index contributed by atoms with van der Waals surface area (Å²) in [5.41, 5.74) is 0.512. The molecule has 0 spiro atoms. The van der Waals surface area contributed by atoms with Crippen LogP contribution in [-0.4, -0.2) is 30.5 Å². The lowest BCUT2D eigenvalue weighted by Gasteiger charge is -2.05. The van der Waals surface area contributed by atoms with Crippen molar-refractivity contribution in [3.63, 3.8) is 0 Å². The molecule has 0 aliphatic rings. The number of pyridine rings is 1. The molecular formula is C9H7Cl2N5O. The number of anilines is 1. The van der Waals surface area contributed by atoms with Gasteiger partial charge in [-0.2, -0.15) is 0 Å². The number of nitrogens with zero attached hydrogens (tertiary/aromatic N) is 4. The predicted octanol–water partition coefficient (Wildman–Crippen LogP) is 1.40. The highest BCUT2D eigenvalue weighted by Crippen LogP contribution is 2.11. The molecule has 88 valence electrons. The molecule has 6 nitrogen and oxygen atoms in total. The monoisotopic (exact) mass is 271 g/mol. The van der Waals surface area contributed by atoms with Crippen molar-refractivity contribution in [1.82, 2.24) is 19.7 Å². The fraction of sp³-hybridized carbons (Fsp3) is 0.111. The van der Waals surface area contributed by atoms with E-state index in [4.69, 9.17) is 23.2 Å². The minimum atomic E-state index is -1.10. The summed E-state index contributed by atoms with van der Waals surface area (Å²) >= 11 is 10.8. The van der Waals surface area contributed by atoms with Crippen LogP contribution in [0.15, 0.2) is 31.0 Å². The molecule has 0 aromatic carbocycles. The van der Waals surface area contributed by atoms with Crippen LogP contribution >= 0.6 is 23.2 Å². The third-order valence-electron chi connectivity index (χ3n) is 1.90. The highest BCUT2D eigenvalue weighted by atomic mass is 35.5. The second kappa shape index (κ2) is 5.11.